The van der Waals surface area contributed by atoms with E-state index in [1.165, 1.54) is 13.2 Å². The zero-order chi connectivity index (χ0) is 103. The lowest BCUT2D eigenvalue weighted by Crippen LogP contribution is -2.15. The van der Waals surface area contributed by atoms with Gasteiger partial charge in [-0.25, -0.2) is 33.7 Å². The van der Waals surface area contributed by atoms with Crippen molar-refractivity contribution in [3.63, 3.8) is 0 Å². The summed E-state index contributed by atoms with van der Waals surface area (Å²) in [6.45, 7) is 9.33. The number of nitrogens with one attached hydrogen (secondary N) is 5. The van der Waals surface area contributed by atoms with Gasteiger partial charge in [0.05, 0.1) is 75.4 Å². The maximum absolute atomic E-state index is 14.9. The molecular weight excluding hydrogens is 2050 g/mol. The molecule has 6 N–H and O–H groups in total. The van der Waals surface area contributed by atoms with E-state index in [0.717, 1.165) is 96.9 Å². The normalized spacial score (nSPS) is 12.8. The van der Waals surface area contributed by atoms with Gasteiger partial charge in [0.2, 0.25) is 5.88 Å². The van der Waals surface area contributed by atoms with Crippen molar-refractivity contribution in [2.45, 2.75) is 13.8 Å². The Morgan fingerprint density at radius 1 is 0.309 bits per heavy atom. The van der Waals surface area contributed by atoms with E-state index < -0.39 is 5.82 Å². The SMILES string of the molecule is COc1cc(O)ccc1-c1nc2cccc(C)n2c1Nc1ccc2c(c1)OCCO2.COc1ccc2nc(-c3c(Cl)cncc3Cl)c(Nc3ccc4c(c3)OCCO4)n2c1.COc1ccc2nc(-c3c(F)cccc3Cl)c(Nc3ccc4c(c3)OCCO4)n2c1OC.Cc1ccn2c(Nc3ccc4c(c3)OCCO4)c(-c3c(Cl)cccc3Cl)nc2c1.Clc1cncc(Cl)c1-c1nc2ccccn2c1Nc1ccc2c(c1)OCCO2. The van der Waals surface area contributed by atoms with Crippen molar-refractivity contribution >= 4 is 167 Å². The van der Waals surface area contributed by atoms with Gasteiger partial charge in [0.15, 0.2) is 63.2 Å². The van der Waals surface area contributed by atoms with Crippen LogP contribution in [0, 0.1) is 19.7 Å². The fourth-order valence-electron chi connectivity index (χ4n) is 17.3. The third-order valence-corrected chi connectivity index (χ3v) is 26.2. The molecule has 0 unspecified atom stereocenters. The second-order valence-corrected chi connectivity index (χ2v) is 36.5. The second kappa shape index (κ2) is 43.3. The molecule has 25 rings (SSSR count). The van der Waals surface area contributed by atoms with Gasteiger partial charge in [-0.3, -0.25) is 27.6 Å². The van der Waals surface area contributed by atoms with Crippen LogP contribution in [0.2, 0.25) is 35.2 Å². The Bertz CT molecular complexity index is 8440. The van der Waals surface area contributed by atoms with Gasteiger partial charge in [-0.15, -0.1) is 0 Å². The molecule has 754 valence electrons. The fraction of sp³-hybridized carbons (Fsp3) is 0.147. The number of benzene rings is 8. The fourth-order valence-corrected chi connectivity index (χ4v) is 19.3. The van der Waals surface area contributed by atoms with Crippen molar-refractivity contribution in [1.82, 2.24) is 56.9 Å². The molecule has 0 fully saturated rings. The maximum atomic E-state index is 14.9. The number of phenolic OH excluding ortho intramolecular Hbond substituents is 1. The Kier molecular flexibility index (Phi) is 28.6. The molecule has 0 bridgehead atoms. The van der Waals surface area contributed by atoms with Crippen LogP contribution in [0.15, 0.2) is 262 Å². The summed E-state index contributed by atoms with van der Waals surface area (Å²) >= 11 is 45.0. The van der Waals surface area contributed by atoms with Crippen LogP contribution in [0.5, 0.6) is 86.4 Å². The van der Waals surface area contributed by atoms with Crippen LogP contribution in [0.4, 0.5) is 61.9 Å². The molecule has 0 saturated carbocycles. The molecule has 5 aliphatic heterocycles. The Hall–Kier alpha value is -16.5. The molecule has 8 aromatic carbocycles. The van der Waals surface area contributed by atoms with Crippen molar-refractivity contribution < 1.29 is 75.8 Å². The van der Waals surface area contributed by atoms with Gasteiger partial charge < -0.3 is 98.0 Å². The summed E-state index contributed by atoms with van der Waals surface area (Å²) in [5.41, 5.74) is 15.6. The van der Waals surface area contributed by atoms with E-state index >= 15 is 0 Å². The molecule has 5 aliphatic rings. The summed E-state index contributed by atoms with van der Waals surface area (Å²) in [7, 11) is 6.26. The van der Waals surface area contributed by atoms with Crippen LogP contribution in [-0.4, -0.2) is 157 Å². The summed E-state index contributed by atoms with van der Waals surface area (Å²) in [5, 5.41) is 30.0. The minimum absolute atomic E-state index is 0.136. The number of rotatable bonds is 19. The number of nitrogens with zero attached hydrogens (tertiary/aromatic N) is 12. The maximum Gasteiger partial charge on any atom is 0.244 e. The number of halogens is 8. The topological polar surface area (TPSA) is 322 Å². The lowest BCUT2D eigenvalue weighted by Gasteiger charge is -2.19. The zero-order valence-electron chi connectivity index (χ0n) is 80.0. The van der Waals surface area contributed by atoms with Crippen LogP contribution in [0.25, 0.3) is 84.5 Å². The van der Waals surface area contributed by atoms with Crippen molar-refractivity contribution in [1.29, 1.82) is 0 Å². The molecule has 0 atom stereocenters. The van der Waals surface area contributed by atoms with Gasteiger partial charge in [-0.1, -0.05) is 105 Å². The number of aromatic hydroxyl groups is 1. The van der Waals surface area contributed by atoms with Gasteiger partial charge in [-0.2, -0.15) is 0 Å². The van der Waals surface area contributed by atoms with Crippen LogP contribution in [0.1, 0.15) is 11.3 Å². The lowest BCUT2D eigenvalue weighted by molar-refractivity contribution is 0.171. The zero-order valence-corrected chi connectivity index (χ0v) is 85.2. The quantitative estimate of drug-likeness (QED) is 0.0438. The Balaban J connectivity index is 0.000000109. The van der Waals surface area contributed by atoms with E-state index in [1.807, 2.05) is 215 Å². The van der Waals surface area contributed by atoms with Gasteiger partial charge in [0.25, 0.3) is 0 Å². The standard InChI is InChI=1S/C23H19ClFN3O4.C23H21N3O4.C22H17Cl2N3O2.C21H16Cl2N4O3.C20H14Cl2N4O2/c1-29-17-8-9-19-27-21(20-14(24)4-3-5-15(20)25)22(28(19)23(17)30-2)26-13-6-7-16-18(12-13)32-11-10-31-16;1-14-4-3-5-21-25-22(17-8-7-16(27)13-19(17)28-2)23(26(14)21)24-15-6-9-18-20(12-15)30-11-10-29-18;1-13-7-8-27-19(11-13)26-21(20-15(23)3-2-4-16(20)24)22(27)25-14-5-6-17-18(12-14)29-10-9-28-17;1-28-13-3-5-18-26-20(19-14(22)9-24-10-15(19)23)21(27(18)11-13)25-12-2-4-16-17(8-12)30-7-6-29-16;21-13-10-23-11-14(22)18(13)19-20(26-6-2-1-3-17(26)25-19)24-12-4-5-15-16(9-12)28-8-7-27-15/h3-9,12,26H,10-11H2,1-2H3;3-9,12-13,24,27H,10-11H2,1-2H3;2-8,11-12,25H,9-10H2,1H3;2-5,8-11,25H,6-7H2,1H3;1-6,9-11,24H,7-8H2. The highest BCUT2D eigenvalue weighted by Crippen LogP contribution is 2.50. The predicted molar refractivity (Wildman–Crippen MR) is 575 cm³/mol. The number of aryl methyl sites for hydroxylation is 2. The minimum atomic E-state index is -0.489. The number of aromatic nitrogens is 12. The third kappa shape index (κ3) is 20.4. The molecule has 20 aromatic rings. The smallest absolute Gasteiger partial charge is 0.244 e. The number of ether oxygens (including phenoxy) is 14. The third-order valence-electron chi connectivity index (χ3n) is 24.1. The number of hydrogen-bond donors (Lipinski definition) is 6. The summed E-state index contributed by atoms with van der Waals surface area (Å²) < 4.78 is 103. The molecule has 149 heavy (non-hydrogen) atoms. The van der Waals surface area contributed by atoms with Gasteiger partial charge in [0, 0.05) is 130 Å². The summed E-state index contributed by atoms with van der Waals surface area (Å²) in [6, 6.07) is 66.3. The second-order valence-electron chi connectivity index (χ2n) is 33.6. The number of methoxy groups -OCH3 is 4. The van der Waals surface area contributed by atoms with E-state index in [4.69, 9.17) is 167 Å². The minimum Gasteiger partial charge on any atom is -0.508 e. The average Bonchev–Trinajstić information content (AvgIpc) is 1.60. The van der Waals surface area contributed by atoms with E-state index in [9.17, 15) is 9.50 Å². The highest BCUT2D eigenvalue weighted by molar-refractivity contribution is 6.41. The molecule has 17 heterocycles. The van der Waals surface area contributed by atoms with Crippen molar-refractivity contribution in [3.05, 3.63) is 314 Å². The van der Waals surface area contributed by atoms with Crippen molar-refractivity contribution in [2.24, 2.45) is 0 Å². The molecule has 12 aromatic heterocycles. The molecule has 32 nitrogen and oxygen atoms in total. The van der Waals surface area contributed by atoms with E-state index in [-0.39, 0.29) is 16.3 Å². The van der Waals surface area contributed by atoms with Crippen molar-refractivity contribution in [2.75, 3.05) is 121 Å². The Morgan fingerprint density at radius 3 is 1.16 bits per heavy atom. The van der Waals surface area contributed by atoms with Gasteiger partial charge in [0.1, 0.15) is 175 Å². The molecule has 0 spiro atoms. The first-order chi connectivity index (χ1) is 72.7. The first-order valence-corrected chi connectivity index (χ1v) is 49.1. The molecule has 0 radical (unpaired) electrons. The number of hydrogen-bond acceptors (Lipinski definition) is 27. The monoisotopic (exact) mass is 2140 g/mol. The molecule has 0 amide bonds. The number of fused-ring (bicyclic) bond motifs is 10. The van der Waals surface area contributed by atoms with E-state index in [0.29, 0.717) is 228 Å². The molecule has 0 saturated heterocycles. The van der Waals surface area contributed by atoms with Crippen LogP contribution in [0.3, 0.4) is 0 Å². The average molecular weight is 2140 g/mol. The number of pyridine rings is 7. The Labute approximate surface area is 885 Å². The summed E-state index contributed by atoms with van der Waals surface area (Å²) in [5.74, 6) is 12.2. The van der Waals surface area contributed by atoms with Gasteiger partial charge in [-0.05, 0) is 177 Å². The predicted octanol–water partition coefficient (Wildman–Crippen LogP) is 26.4. The van der Waals surface area contributed by atoms with Crippen LogP contribution >= 0.6 is 81.2 Å². The number of anilines is 10. The summed E-state index contributed by atoms with van der Waals surface area (Å²) in [6.07, 6.45) is 11.9. The van der Waals surface area contributed by atoms with Gasteiger partial charge >= 0.3 is 0 Å². The first kappa shape index (κ1) is 98.5. The van der Waals surface area contributed by atoms with Crippen LogP contribution in [-0.2, 0) is 0 Å². The molecule has 40 heteroatoms. The van der Waals surface area contributed by atoms with E-state index in [1.54, 1.807) is 93.0 Å². The molecule has 0 aliphatic carbocycles. The largest absolute Gasteiger partial charge is 0.508 e. The summed E-state index contributed by atoms with van der Waals surface area (Å²) in [4.78, 5) is 31.9. The highest BCUT2D eigenvalue weighted by atomic mass is 35.5. The Morgan fingerprint density at radius 2 is 0.691 bits per heavy atom. The van der Waals surface area contributed by atoms with Crippen LogP contribution < -0.4 is 92.9 Å². The van der Waals surface area contributed by atoms with Crippen molar-refractivity contribution in [3.8, 4) is 143 Å². The lowest BCUT2D eigenvalue weighted by atomic mass is 10.1. The first-order valence-electron chi connectivity index (χ1n) is 46.5. The number of imidazole rings is 5. The van der Waals surface area contributed by atoms with E-state index in [2.05, 4.69) is 45.9 Å². The highest BCUT2D eigenvalue weighted by Gasteiger charge is 2.31. The molecular formula is C109H87Cl7FN17O15. The number of phenols is 1.